The molecule has 106 valence electrons. The second kappa shape index (κ2) is 5.37. The molecular weight excluding hydrogens is 252 g/mol. The maximum Gasteiger partial charge on any atom is 0.237 e. The first-order valence-corrected chi connectivity index (χ1v) is 7.34. The largest absolute Gasteiger partial charge is 0.317 e. The molecule has 1 aromatic carbocycles. The number of carbonyl (C=O) groups is 2. The molecule has 2 fully saturated rings. The molecule has 0 unspecified atom stereocenters. The Hall–Kier alpha value is -1.68. The highest BCUT2D eigenvalue weighted by Gasteiger charge is 2.49. The van der Waals surface area contributed by atoms with Gasteiger partial charge in [-0.3, -0.25) is 14.9 Å². The molecule has 4 heteroatoms. The van der Waals surface area contributed by atoms with Crippen molar-refractivity contribution in [2.45, 2.75) is 31.1 Å². The van der Waals surface area contributed by atoms with E-state index >= 15 is 0 Å². The van der Waals surface area contributed by atoms with Gasteiger partial charge >= 0.3 is 0 Å². The van der Waals surface area contributed by atoms with Crippen LogP contribution >= 0.6 is 0 Å². The molecule has 0 bridgehead atoms. The fourth-order valence-electron chi connectivity index (χ4n) is 3.68. The molecule has 2 heterocycles. The number of carbonyl (C=O) groups excluding carboxylic acids is 2. The van der Waals surface area contributed by atoms with E-state index < -0.39 is 5.41 Å². The Balaban J connectivity index is 2.02. The summed E-state index contributed by atoms with van der Waals surface area (Å²) in [5.41, 5.74) is 0.522. The van der Waals surface area contributed by atoms with Gasteiger partial charge in [0.25, 0.3) is 0 Å². The average Bonchev–Trinajstić information content (AvgIpc) is 2.50. The maximum absolute atomic E-state index is 12.7. The number of hydrogen-bond acceptors (Lipinski definition) is 3. The zero-order chi connectivity index (χ0) is 14.0. The molecule has 0 saturated carbocycles. The SMILES string of the molecule is O=C1CC[C@](c2ccccc2)(C2CCNCC2)C(=O)N1. The molecule has 2 amide bonds. The van der Waals surface area contributed by atoms with Gasteiger partial charge in [0.1, 0.15) is 0 Å². The molecule has 20 heavy (non-hydrogen) atoms. The minimum atomic E-state index is -0.530. The van der Waals surface area contributed by atoms with Crippen molar-refractivity contribution in [1.29, 1.82) is 0 Å². The number of imide groups is 1. The molecule has 0 aromatic heterocycles. The number of rotatable bonds is 2. The minimum Gasteiger partial charge on any atom is -0.317 e. The van der Waals surface area contributed by atoms with Crippen molar-refractivity contribution >= 4 is 11.8 Å². The Morgan fingerprint density at radius 3 is 2.40 bits per heavy atom. The lowest BCUT2D eigenvalue weighted by molar-refractivity contribution is -0.140. The summed E-state index contributed by atoms with van der Waals surface area (Å²) in [6.07, 6.45) is 3.03. The van der Waals surface area contributed by atoms with Crippen LogP contribution in [0.5, 0.6) is 0 Å². The first-order chi connectivity index (χ1) is 9.73. The third-order valence-corrected chi connectivity index (χ3v) is 4.73. The summed E-state index contributed by atoms with van der Waals surface area (Å²) in [7, 11) is 0. The van der Waals surface area contributed by atoms with E-state index in [4.69, 9.17) is 0 Å². The lowest BCUT2D eigenvalue weighted by Gasteiger charge is -2.44. The van der Waals surface area contributed by atoms with E-state index in [0.29, 0.717) is 18.8 Å². The molecule has 0 spiro atoms. The van der Waals surface area contributed by atoms with Gasteiger partial charge in [0.2, 0.25) is 11.8 Å². The summed E-state index contributed by atoms with van der Waals surface area (Å²) in [4.78, 5) is 24.2. The van der Waals surface area contributed by atoms with Crippen molar-refractivity contribution in [3.05, 3.63) is 35.9 Å². The van der Waals surface area contributed by atoms with Crippen molar-refractivity contribution < 1.29 is 9.59 Å². The fourth-order valence-corrected chi connectivity index (χ4v) is 3.68. The summed E-state index contributed by atoms with van der Waals surface area (Å²) in [6, 6.07) is 9.96. The second-order valence-electron chi connectivity index (χ2n) is 5.74. The number of benzene rings is 1. The van der Waals surface area contributed by atoms with Gasteiger partial charge in [0, 0.05) is 6.42 Å². The Kier molecular flexibility index (Phi) is 3.57. The van der Waals surface area contributed by atoms with E-state index in [1.165, 1.54) is 0 Å². The Morgan fingerprint density at radius 2 is 1.75 bits per heavy atom. The average molecular weight is 272 g/mol. The van der Waals surface area contributed by atoms with Crippen LogP contribution in [0.2, 0.25) is 0 Å². The Morgan fingerprint density at radius 1 is 1.05 bits per heavy atom. The van der Waals surface area contributed by atoms with Gasteiger partial charge in [-0.2, -0.15) is 0 Å². The van der Waals surface area contributed by atoms with Crippen LogP contribution in [-0.4, -0.2) is 24.9 Å². The highest BCUT2D eigenvalue weighted by molar-refractivity contribution is 6.03. The van der Waals surface area contributed by atoms with E-state index in [9.17, 15) is 9.59 Å². The number of amides is 2. The van der Waals surface area contributed by atoms with Crippen LogP contribution in [0.15, 0.2) is 30.3 Å². The van der Waals surface area contributed by atoms with Gasteiger partial charge in [-0.05, 0) is 43.8 Å². The molecule has 4 nitrogen and oxygen atoms in total. The standard InChI is InChI=1S/C16H20N2O2/c19-14-6-9-16(15(20)18-14,12-4-2-1-3-5-12)13-7-10-17-11-8-13/h1-5,13,17H,6-11H2,(H,18,19,20)/t16-/m0/s1. The monoisotopic (exact) mass is 272 g/mol. The highest BCUT2D eigenvalue weighted by Crippen LogP contribution is 2.43. The van der Waals surface area contributed by atoms with Crippen LogP contribution in [0.4, 0.5) is 0 Å². The summed E-state index contributed by atoms with van der Waals surface area (Å²) in [5, 5.41) is 5.92. The smallest absolute Gasteiger partial charge is 0.237 e. The first-order valence-electron chi connectivity index (χ1n) is 7.34. The van der Waals surface area contributed by atoms with Gasteiger partial charge in [0.05, 0.1) is 5.41 Å². The molecular formula is C16H20N2O2. The van der Waals surface area contributed by atoms with Crippen LogP contribution in [0.25, 0.3) is 0 Å². The lowest BCUT2D eigenvalue weighted by Crippen LogP contribution is -2.56. The summed E-state index contributed by atoms with van der Waals surface area (Å²) in [6.45, 7) is 1.89. The minimum absolute atomic E-state index is 0.105. The zero-order valence-electron chi connectivity index (χ0n) is 11.5. The van der Waals surface area contributed by atoms with Crippen LogP contribution in [0.1, 0.15) is 31.2 Å². The van der Waals surface area contributed by atoms with Crippen molar-refractivity contribution in [3.8, 4) is 0 Å². The predicted octanol–water partition coefficient (Wildman–Crippen LogP) is 1.36. The Bertz CT molecular complexity index is 508. The highest BCUT2D eigenvalue weighted by atomic mass is 16.2. The normalized spacial score (nSPS) is 28.2. The van der Waals surface area contributed by atoms with E-state index in [2.05, 4.69) is 10.6 Å². The molecule has 1 atom stereocenters. The fraction of sp³-hybridized carbons (Fsp3) is 0.500. The van der Waals surface area contributed by atoms with Crippen molar-refractivity contribution in [3.63, 3.8) is 0 Å². The predicted molar refractivity (Wildman–Crippen MR) is 76.1 cm³/mol. The first kappa shape index (κ1) is 13.3. The molecule has 0 aliphatic carbocycles. The molecule has 0 radical (unpaired) electrons. The molecule has 3 rings (SSSR count). The maximum atomic E-state index is 12.7. The molecule has 1 aromatic rings. The summed E-state index contributed by atoms with van der Waals surface area (Å²) < 4.78 is 0. The van der Waals surface area contributed by atoms with Gasteiger partial charge in [0.15, 0.2) is 0 Å². The van der Waals surface area contributed by atoms with E-state index in [0.717, 1.165) is 31.5 Å². The molecule has 2 aliphatic heterocycles. The Labute approximate surface area is 118 Å². The molecule has 2 N–H and O–H groups in total. The third-order valence-electron chi connectivity index (χ3n) is 4.73. The van der Waals surface area contributed by atoms with Crippen molar-refractivity contribution in [1.82, 2.24) is 10.6 Å². The van der Waals surface area contributed by atoms with Gasteiger partial charge in [-0.1, -0.05) is 30.3 Å². The van der Waals surface area contributed by atoms with Crippen LogP contribution in [-0.2, 0) is 15.0 Å². The van der Waals surface area contributed by atoms with Crippen LogP contribution < -0.4 is 10.6 Å². The number of nitrogens with one attached hydrogen (secondary N) is 2. The number of piperidine rings is 2. The molecule has 2 aliphatic rings. The number of hydrogen-bond donors (Lipinski definition) is 2. The van der Waals surface area contributed by atoms with Gasteiger partial charge in [-0.15, -0.1) is 0 Å². The quantitative estimate of drug-likeness (QED) is 0.799. The van der Waals surface area contributed by atoms with E-state index in [1.54, 1.807) is 0 Å². The third kappa shape index (κ3) is 2.14. The zero-order valence-corrected chi connectivity index (χ0v) is 11.5. The van der Waals surface area contributed by atoms with Crippen molar-refractivity contribution in [2.75, 3.05) is 13.1 Å². The van der Waals surface area contributed by atoms with E-state index in [-0.39, 0.29) is 11.8 Å². The lowest BCUT2D eigenvalue weighted by atomic mass is 9.62. The summed E-state index contributed by atoms with van der Waals surface area (Å²) in [5.74, 6) is 0.0570. The molecule has 2 saturated heterocycles. The van der Waals surface area contributed by atoms with E-state index in [1.807, 2.05) is 30.3 Å². The van der Waals surface area contributed by atoms with Crippen LogP contribution in [0.3, 0.4) is 0 Å². The summed E-state index contributed by atoms with van der Waals surface area (Å²) >= 11 is 0. The van der Waals surface area contributed by atoms with Gasteiger partial charge < -0.3 is 5.32 Å². The van der Waals surface area contributed by atoms with Crippen molar-refractivity contribution in [2.24, 2.45) is 5.92 Å². The van der Waals surface area contributed by atoms with Crippen LogP contribution in [0, 0.1) is 5.92 Å². The topological polar surface area (TPSA) is 58.2 Å². The second-order valence-corrected chi connectivity index (χ2v) is 5.74. The van der Waals surface area contributed by atoms with Gasteiger partial charge in [-0.25, -0.2) is 0 Å².